The molecule has 0 saturated carbocycles. The molecule has 0 spiro atoms. The number of aryl methyl sites for hydroxylation is 1. The van der Waals surface area contributed by atoms with Crippen molar-refractivity contribution in [3.05, 3.63) is 46.2 Å². The number of halogens is 1. The smallest absolute Gasteiger partial charge is 0.302 e. The van der Waals surface area contributed by atoms with Crippen molar-refractivity contribution < 1.29 is 9.53 Å². The van der Waals surface area contributed by atoms with Crippen LogP contribution in [0.2, 0.25) is 0 Å². The van der Waals surface area contributed by atoms with Crippen molar-refractivity contribution in [1.82, 2.24) is 14.5 Å². The van der Waals surface area contributed by atoms with Crippen molar-refractivity contribution in [2.24, 2.45) is 5.41 Å². The number of aromatic nitrogens is 2. The normalized spacial score (nSPS) is 18.4. The number of ether oxygens (including phenoxy) is 1. The Labute approximate surface area is 248 Å². The fourth-order valence-corrected chi connectivity index (χ4v) is 7.08. The van der Waals surface area contributed by atoms with Crippen LogP contribution in [0.25, 0.3) is 22.2 Å². The molecule has 0 amide bonds. The minimum atomic E-state index is -0.232. The van der Waals surface area contributed by atoms with Gasteiger partial charge in [-0.2, -0.15) is 0 Å². The highest BCUT2D eigenvalue weighted by Gasteiger charge is 2.31. The van der Waals surface area contributed by atoms with Crippen LogP contribution in [0, 0.1) is 5.41 Å². The van der Waals surface area contributed by atoms with Gasteiger partial charge in [0.15, 0.2) is 0 Å². The Kier molecular flexibility index (Phi) is 8.63. The summed E-state index contributed by atoms with van der Waals surface area (Å²) in [4.78, 5) is 22.1. The van der Waals surface area contributed by atoms with Gasteiger partial charge in [-0.15, -0.1) is 0 Å². The number of anilines is 1. The van der Waals surface area contributed by atoms with Gasteiger partial charge in [0.05, 0.1) is 29.9 Å². The van der Waals surface area contributed by atoms with E-state index in [9.17, 15) is 4.79 Å². The van der Waals surface area contributed by atoms with E-state index in [2.05, 4.69) is 95.4 Å². The van der Waals surface area contributed by atoms with Crippen LogP contribution >= 0.6 is 15.9 Å². The lowest BCUT2D eigenvalue weighted by atomic mass is 9.84. The minimum absolute atomic E-state index is 0.226. The number of benzene rings is 1. The highest BCUT2D eigenvalue weighted by Crippen LogP contribution is 2.42. The second-order valence-electron chi connectivity index (χ2n) is 12.8. The summed E-state index contributed by atoms with van der Waals surface area (Å²) in [7, 11) is 0. The maximum Gasteiger partial charge on any atom is 0.302 e. The molecular formula is C33H45BrN4O2. The Bertz CT molecular complexity index is 1380. The summed E-state index contributed by atoms with van der Waals surface area (Å²) < 4.78 is 9.05. The van der Waals surface area contributed by atoms with Gasteiger partial charge in [0.2, 0.25) is 0 Å². The molecule has 0 aliphatic carbocycles. The zero-order chi connectivity index (χ0) is 28.6. The van der Waals surface area contributed by atoms with Crippen molar-refractivity contribution in [2.45, 2.75) is 85.7 Å². The molecule has 7 heteroatoms. The Balaban J connectivity index is 1.65. The summed E-state index contributed by atoms with van der Waals surface area (Å²) >= 11 is 3.74. The third-order valence-electron chi connectivity index (χ3n) is 8.68. The lowest BCUT2D eigenvalue weighted by Gasteiger charge is -2.45. The quantitative estimate of drug-likeness (QED) is 0.249. The first kappa shape index (κ1) is 29.1. The predicted octanol–water partition coefficient (Wildman–Crippen LogP) is 7.42. The van der Waals surface area contributed by atoms with Gasteiger partial charge in [0.1, 0.15) is 0 Å². The number of hydrogen-bond donors (Lipinski definition) is 0. The summed E-state index contributed by atoms with van der Waals surface area (Å²) in [5, 5.41) is 1.25. The molecule has 3 aromatic rings. The number of esters is 1. The van der Waals surface area contributed by atoms with Crippen molar-refractivity contribution in [2.75, 3.05) is 37.7 Å². The van der Waals surface area contributed by atoms with Crippen LogP contribution in [-0.2, 0) is 22.5 Å². The molecule has 1 aromatic carbocycles. The number of nitrogens with zero attached hydrogens (tertiary/aromatic N) is 4. The van der Waals surface area contributed by atoms with E-state index in [1.807, 2.05) is 0 Å². The van der Waals surface area contributed by atoms with E-state index in [0.717, 1.165) is 42.8 Å². The fraction of sp³-hybridized carbons (Fsp3) is 0.576. The zero-order valence-electron chi connectivity index (χ0n) is 25.1. The first-order valence-electron chi connectivity index (χ1n) is 15.0. The van der Waals surface area contributed by atoms with Crippen LogP contribution in [0.3, 0.4) is 0 Å². The number of piperazine rings is 1. The Morgan fingerprint density at radius 1 is 1.18 bits per heavy atom. The summed E-state index contributed by atoms with van der Waals surface area (Å²) in [6.07, 6.45) is 6.86. The van der Waals surface area contributed by atoms with Crippen LogP contribution in [0.1, 0.15) is 78.0 Å². The Hall–Kier alpha value is -2.38. The SMILES string of the molecule is CCn1c(-c2cc(N3CCN4CCCC[C@@H]4C3)cnc2C(C)C)c(CC(C)(C)COC(C)=O)c2cc(Br)ccc21. The average molecular weight is 610 g/mol. The number of fused-ring (bicyclic) bond motifs is 2. The van der Waals surface area contributed by atoms with Crippen molar-refractivity contribution >= 4 is 38.5 Å². The van der Waals surface area contributed by atoms with Gasteiger partial charge >= 0.3 is 5.97 Å². The summed E-state index contributed by atoms with van der Waals surface area (Å²) in [5.74, 6) is 0.0558. The number of carbonyl (C=O) groups is 1. The monoisotopic (exact) mass is 608 g/mol. The van der Waals surface area contributed by atoms with Crippen LogP contribution in [0.4, 0.5) is 5.69 Å². The maximum absolute atomic E-state index is 11.7. The van der Waals surface area contributed by atoms with E-state index in [-0.39, 0.29) is 17.3 Å². The molecular weight excluding hydrogens is 564 g/mol. The van der Waals surface area contributed by atoms with Gasteiger partial charge in [0.25, 0.3) is 0 Å². The fourth-order valence-electron chi connectivity index (χ4n) is 6.72. The van der Waals surface area contributed by atoms with E-state index in [4.69, 9.17) is 9.72 Å². The lowest BCUT2D eigenvalue weighted by molar-refractivity contribution is -0.143. The molecule has 4 heterocycles. The van der Waals surface area contributed by atoms with Gasteiger partial charge in [0, 0.05) is 65.5 Å². The molecule has 2 aromatic heterocycles. The van der Waals surface area contributed by atoms with Crippen LogP contribution in [0.5, 0.6) is 0 Å². The highest BCUT2D eigenvalue weighted by atomic mass is 79.9. The Morgan fingerprint density at radius 2 is 1.98 bits per heavy atom. The molecule has 0 N–H and O–H groups in total. The summed E-state index contributed by atoms with van der Waals surface area (Å²) in [5.41, 5.74) is 7.14. The van der Waals surface area contributed by atoms with Crippen molar-refractivity contribution in [3.8, 4) is 11.3 Å². The number of piperidine rings is 1. The molecule has 2 aliphatic rings. The molecule has 0 radical (unpaired) electrons. The molecule has 0 bridgehead atoms. The number of carbonyl (C=O) groups excluding carboxylic acids is 1. The molecule has 5 rings (SSSR count). The van der Waals surface area contributed by atoms with Gasteiger partial charge in [-0.3, -0.25) is 14.7 Å². The van der Waals surface area contributed by atoms with Crippen LogP contribution in [-0.4, -0.2) is 59.2 Å². The third kappa shape index (κ3) is 5.96. The van der Waals surface area contributed by atoms with Gasteiger partial charge in [-0.25, -0.2) is 0 Å². The second kappa shape index (κ2) is 11.8. The number of hydrogen-bond acceptors (Lipinski definition) is 5. The summed E-state index contributed by atoms with van der Waals surface area (Å²) in [6, 6.07) is 9.67. The predicted molar refractivity (Wildman–Crippen MR) is 168 cm³/mol. The van der Waals surface area contributed by atoms with Gasteiger partial charge < -0.3 is 14.2 Å². The van der Waals surface area contributed by atoms with E-state index >= 15 is 0 Å². The third-order valence-corrected chi connectivity index (χ3v) is 9.17. The molecule has 2 saturated heterocycles. The molecule has 40 heavy (non-hydrogen) atoms. The van der Waals surface area contributed by atoms with E-state index in [0.29, 0.717) is 12.6 Å². The first-order chi connectivity index (χ1) is 19.1. The van der Waals surface area contributed by atoms with Gasteiger partial charge in [-0.05, 0) is 68.5 Å². The van der Waals surface area contributed by atoms with Crippen LogP contribution in [0.15, 0.2) is 34.9 Å². The van der Waals surface area contributed by atoms with E-state index in [1.165, 1.54) is 66.1 Å². The molecule has 0 unspecified atom stereocenters. The first-order valence-corrected chi connectivity index (χ1v) is 15.8. The lowest BCUT2D eigenvalue weighted by Crippen LogP contribution is -2.54. The number of pyridine rings is 1. The van der Waals surface area contributed by atoms with E-state index in [1.54, 1.807) is 0 Å². The standard InChI is InChI=1S/C33H45BrN4O2/c1-7-38-30-12-11-24(34)16-27(30)29(18-33(5,6)21-40-23(4)39)32(38)28-17-26(19-35-31(28)22(2)3)37-15-14-36-13-9-8-10-25(36)20-37/h11-12,16-17,19,22,25H,7-10,13-15,18,20-21H2,1-6H3/t25-/m1/s1. The molecule has 6 nitrogen and oxygen atoms in total. The highest BCUT2D eigenvalue weighted by molar-refractivity contribution is 9.10. The second-order valence-corrected chi connectivity index (χ2v) is 13.7. The molecule has 216 valence electrons. The molecule has 2 fully saturated rings. The van der Waals surface area contributed by atoms with Gasteiger partial charge in [-0.1, -0.05) is 50.0 Å². The zero-order valence-corrected chi connectivity index (χ0v) is 26.7. The number of rotatable bonds is 8. The van der Waals surface area contributed by atoms with Crippen LogP contribution < -0.4 is 4.90 Å². The molecule has 1 atom stereocenters. The van der Waals surface area contributed by atoms with Crippen molar-refractivity contribution in [1.29, 1.82) is 0 Å². The molecule has 2 aliphatic heterocycles. The Morgan fingerprint density at radius 3 is 2.70 bits per heavy atom. The summed E-state index contributed by atoms with van der Waals surface area (Å²) in [6.45, 7) is 18.3. The topological polar surface area (TPSA) is 50.6 Å². The largest absolute Gasteiger partial charge is 0.465 e. The minimum Gasteiger partial charge on any atom is -0.465 e. The maximum atomic E-state index is 11.7. The average Bonchev–Trinajstić information content (AvgIpc) is 3.22. The van der Waals surface area contributed by atoms with E-state index < -0.39 is 0 Å². The van der Waals surface area contributed by atoms with Crippen molar-refractivity contribution in [3.63, 3.8) is 0 Å².